The molecule has 0 atom stereocenters. The van der Waals surface area contributed by atoms with Gasteiger partial charge >= 0.3 is 0 Å². The third-order valence-electron chi connectivity index (χ3n) is 3.37. The summed E-state index contributed by atoms with van der Waals surface area (Å²) in [5.41, 5.74) is 9.47. The van der Waals surface area contributed by atoms with Gasteiger partial charge in [0.15, 0.2) is 0 Å². The van der Waals surface area contributed by atoms with Crippen molar-refractivity contribution in [2.75, 3.05) is 5.73 Å². The lowest BCUT2D eigenvalue weighted by atomic mass is 10.0. The minimum absolute atomic E-state index is 0.463. The lowest BCUT2D eigenvalue weighted by molar-refractivity contribution is 0.852. The van der Waals surface area contributed by atoms with Gasteiger partial charge in [0, 0.05) is 5.56 Å². The number of nitrogens with zero attached hydrogens (tertiary/aromatic N) is 2. The van der Waals surface area contributed by atoms with Crippen molar-refractivity contribution in [3.05, 3.63) is 36.2 Å². The van der Waals surface area contributed by atoms with Crippen LogP contribution in [0.3, 0.4) is 0 Å². The fourth-order valence-electron chi connectivity index (χ4n) is 2.29. The number of hydrogen-bond acceptors (Lipinski definition) is 2. The van der Waals surface area contributed by atoms with Crippen molar-refractivity contribution in [1.29, 1.82) is 0 Å². The molecule has 2 N–H and O–H groups in total. The molecule has 1 heterocycles. The van der Waals surface area contributed by atoms with E-state index in [0.29, 0.717) is 18.3 Å². The molecule has 0 radical (unpaired) electrons. The lowest BCUT2D eigenvalue weighted by Gasteiger charge is -2.07. The van der Waals surface area contributed by atoms with Crippen molar-refractivity contribution in [3.63, 3.8) is 0 Å². The maximum Gasteiger partial charge on any atom is 0.132 e. The Morgan fingerprint density at radius 3 is 2.89 bits per heavy atom. The summed E-state index contributed by atoms with van der Waals surface area (Å²) in [7, 11) is 0. The molecule has 0 saturated heterocycles. The number of nitrogen functional groups attached to an aromatic ring is 1. The minimum Gasteiger partial charge on any atom is -0.383 e. The summed E-state index contributed by atoms with van der Waals surface area (Å²) < 4.78 is 1.80. The zero-order chi connectivity index (χ0) is 12.5. The van der Waals surface area contributed by atoms with Crippen LogP contribution in [0.4, 0.5) is 5.82 Å². The van der Waals surface area contributed by atoms with E-state index in [-0.39, 0.29) is 0 Å². The smallest absolute Gasteiger partial charge is 0.132 e. The highest BCUT2D eigenvalue weighted by atomic mass is 15.1. The summed E-state index contributed by atoms with van der Waals surface area (Å²) in [5, 5.41) is 0. The van der Waals surface area contributed by atoms with Crippen LogP contribution in [-0.4, -0.2) is 9.55 Å². The molecule has 3 nitrogen and oxygen atoms in total. The Kier molecular flexibility index (Phi) is 2.56. The molecule has 1 aromatic heterocycles. The van der Waals surface area contributed by atoms with E-state index in [9.17, 15) is 0 Å². The molecule has 0 unspecified atom stereocenters. The molecule has 3 heteroatoms. The van der Waals surface area contributed by atoms with Crippen molar-refractivity contribution in [3.8, 4) is 23.6 Å². The molecule has 3 rings (SSSR count). The van der Waals surface area contributed by atoms with Gasteiger partial charge in [0.25, 0.3) is 0 Å². The molecule has 1 aliphatic rings. The van der Waals surface area contributed by atoms with Crippen LogP contribution < -0.4 is 5.73 Å². The summed E-state index contributed by atoms with van der Waals surface area (Å²) >= 11 is 0. The van der Waals surface area contributed by atoms with Gasteiger partial charge in [-0.25, -0.2) is 4.98 Å². The number of imidazole rings is 1. The van der Waals surface area contributed by atoms with Gasteiger partial charge in [-0.1, -0.05) is 30.2 Å². The molecule has 2 aromatic rings. The van der Waals surface area contributed by atoms with Crippen LogP contribution in [0.5, 0.6) is 0 Å². The first-order chi connectivity index (χ1) is 8.81. The molecule has 0 bridgehead atoms. The lowest BCUT2D eigenvalue weighted by Crippen LogP contribution is -2.01. The van der Waals surface area contributed by atoms with E-state index < -0.39 is 0 Å². The van der Waals surface area contributed by atoms with Crippen LogP contribution in [0.25, 0.3) is 11.3 Å². The van der Waals surface area contributed by atoms with Gasteiger partial charge in [-0.05, 0) is 24.3 Å². The van der Waals surface area contributed by atoms with Crippen LogP contribution in [0.1, 0.15) is 24.3 Å². The molecule has 1 saturated carbocycles. The summed E-state index contributed by atoms with van der Waals surface area (Å²) in [5.74, 6) is 3.92. The Hall–Kier alpha value is -2.21. The van der Waals surface area contributed by atoms with E-state index in [1.54, 1.807) is 10.9 Å². The zero-order valence-corrected chi connectivity index (χ0v) is 10.1. The van der Waals surface area contributed by atoms with E-state index in [1.165, 1.54) is 18.4 Å². The standard InChI is InChI=1S/C15H15N3/c1-2-9-18-10-17-14(15(18)16)13-6-4-3-5-12(13)11-7-8-11/h1,3-6,10-11H,7-9,16H2. The second-order valence-electron chi connectivity index (χ2n) is 4.67. The van der Waals surface area contributed by atoms with Gasteiger partial charge in [-0.3, -0.25) is 0 Å². The van der Waals surface area contributed by atoms with Gasteiger partial charge in [0.2, 0.25) is 0 Å². The number of hydrogen-bond donors (Lipinski definition) is 1. The maximum atomic E-state index is 6.12. The summed E-state index contributed by atoms with van der Waals surface area (Å²) in [6, 6.07) is 8.37. The predicted molar refractivity (Wildman–Crippen MR) is 72.9 cm³/mol. The average molecular weight is 237 g/mol. The number of benzene rings is 1. The highest BCUT2D eigenvalue weighted by Gasteiger charge is 2.27. The normalized spacial score (nSPS) is 14.4. The van der Waals surface area contributed by atoms with Crippen molar-refractivity contribution < 1.29 is 0 Å². The van der Waals surface area contributed by atoms with Crippen molar-refractivity contribution >= 4 is 5.82 Å². The highest BCUT2D eigenvalue weighted by Crippen LogP contribution is 2.44. The second kappa shape index (κ2) is 4.23. The van der Waals surface area contributed by atoms with Crippen LogP contribution in [0.2, 0.25) is 0 Å². The Labute approximate surface area is 107 Å². The average Bonchev–Trinajstić information content (AvgIpc) is 3.17. The Morgan fingerprint density at radius 1 is 1.39 bits per heavy atom. The molecule has 0 aliphatic heterocycles. The Bertz CT molecular complexity index is 615. The molecular weight excluding hydrogens is 222 g/mol. The molecule has 1 aliphatic carbocycles. The first-order valence-electron chi connectivity index (χ1n) is 6.14. The molecular formula is C15H15N3. The first kappa shape index (κ1) is 10.9. The summed E-state index contributed by atoms with van der Waals surface area (Å²) in [6.07, 6.45) is 9.56. The number of nitrogens with two attached hydrogens (primary N) is 1. The number of terminal acetylenes is 1. The molecule has 0 amide bonds. The summed E-state index contributed by atoms with van der Waals surface area (Å²) in [6.45, 7) is 0.463. The van der Waals surface area contributed by atoms with Gasteiger partial charge in [0.1, 0.15) is 11.5 Å². The molecule has 90 valence electrons. The maximum absolute atomic E-state index is 6.12. The van der Waals surface area contributed by atoms with E-state index >= 15 is 0 Å². The molecule has 1 aromatic carbocycles. The van der Waals surface area contributed by atoms with E-state index in [2.05, 4.69) is 29.1 Å². The first-order valence-corrected chi connectivity index (χ1v) is 6.14. The number of aromatic nitrogens is 2. The summed E-state index contributed by atoms with van der Waals surface area (Å²) in [4.78, 5) is 4.42. The largest absolute Gasteiger partial charge is 0.383 e. The van der Waals surface area contributed by atoms with Gasteiger partial charge < -0.3 is 10.3 Å². The fraction of sp³-hybridized carbons (Fsp3) is 0.267. The van der Waals surface area contributed by atoms with E-state index in [1.807, 2.05) is 6.07 Å². The van der Waals surface area contributed by atoms with Crippen LogP contribution in [0, 0.1) is 12.3 Å². The number of anilines is 1. The van der Waals surface area contributed by atoms with E-state index in [0.717, 1.165) is 11.3 Å². The van der Waals surface area contributed by atoms with E-state index in [4.69, 9.17) is 12.2 Å². The predicted octanol–water partition coefficient (Wildman–Crippen LogP) is 2.64. The van der Waals surface area contributed by atoms with Gasteiger partial charge in [-0.2, -0.15) is 0 Å². The topological polar surface area (TPSA) is 43.8 Å². The fourth-order valence-corrected chi connectivity index (χ4v) is 2.29. The van der Waals surface area contributed by atoms with Gasteiger partial charge in [-0.15, -0.1) is 6.42 Å². The van der Waals surface area contributed by atoms with Crippen LogP contribution >= 0.6 is 0 Å². The molecule has 0 spiro atoms. The quantitative estimate of drug-likeness (QED) is 0.834. The van der Waals surface area contributed by atoms with Crippen LogP contribution in [-0.2, 0) is 6.54 Å². The molecule has 1 fully saturated rings. The van der Waals surface area contributed by atoms with Crippen LogP contribution in [0.15, 0.2) is 30.6 Å². The monoisotopic (exact) mass is 237 g/mol. The molecule has 18 heavy (non-hydrogen) atoms. The Balaban J connectivity index is 2.07. The SMILES string of the molecule is C#CCn1cnc(-c2ccccc2C2CC2)c1N. The number of rotatable bonds is 3. The third kappa shape index (κ3) is 1.76. The second-order valence-corrected chi connectivity index (χ2v) is 4.67. The highest BCUT2D eigenvalue weighted by molar-refractivity contribution is 5.74. The minimum atomic E-state index is 0.463. The van der Waals surface area contributed by atoms with Crippen molar-refractivity contribution in [2.45, 2.75) is 25.3 Å². The third-order valence-corrected chi connectivity index (χ3v) is 3.37. The van der Waals surface area contributed by atoms with Gasteiger partial charge in [0.05, 0.1) is 12.9 Å². The van der Waals surface area contributed by atoms with Crippen molar-refractivity contribution in [2.24, 2.45) is 0 Å². The zero-order valence-electron chi connectivity index (χ0n) is 10.1. The van der Waals surface area contributed by atoms with Crippen molar-refractivity contribution in [1.82, 2.24) is 9.55 Å². The Morgan fingerprint density at radius 2 is 2.17 bits per heavy atom.